The molecule has 2 rings (SSSR count). The fourth-order valence-corrected chi connectivity index (χ4v) is 4.01. The van der Waals surface area contributed by atoms with Crippen molar-refractivity contribution in [2.75, 3.05) is 13.1 Å². The summed E-state index contributed by atoms with van der Waals surface area (Å²) < 4.78 is 0. The number of nitrogens with two attached hydrogens (primary N) is 2. The first kappa shape index (κ1) is 14.8. The highest BCUT2D eigenvalue weighted by molar-refractivity contribution is 5.76. The van der Waals surface area contributed by atoms with Crippen LogP contribution in [0.4, 0.5) is 0 Å². The maximum absolute atomic E-state index is 11.4. The van der Waals surface area contributed by atoms with Crippen LogP contribution in [0, 0.1) is 5.92 Å². The monoisotopic (exact) mass is 267 g/mol. The van der Waals surface area contributed by atoms with Crippen molar-refractivity contribution in [1.82, 2.24) is 4.90 Å². The lowest BCUT2D eigenvalue weighted by Gasteiger charge is -2.39. The molecule has 0 aromatic heterocycles. The summed E-state index contributed by atoms with van der Waals surface area (Å²) in [6.45, 7) is 1.17. The Morgan fingerprint density at radius 3 is 2.26 bits per heavy atom. The Hall–Kier alpha value is -0.610. The van der Waals surface area contributed by atoms with Crippen LogP contribution in [0.5, 0.6) is 0 Å². The molecular formula is C15H29N3O. The van der Waals surface area contributed by atoms with E-state index in [0.29, 0.717) is 24.5 Å². The fraction of sp³-hybridized carbons (Fsp3) is 0.933. The van der Waals surface area contributed by atoms with Crippen LogP contribution in [0.2, 0.25) is 0 Å². The third kappa shape index (κ3) is 3.93. The minimum atomic E-state index is -0.188. The molecule has 4 nitrogen and oxygen atoms in total. The largest absolute Gasteiger partial charge is 0.369 e. The predicted molar refractivity (Wildman–Crippen MR) is 77.6 cm³/mol. The Labute approximate surface area is 116 Å². The van der Waals surface area contributed by atoms with E-state index in [0.717, 1.165) is 6.54 Å². The van der Waals surface area contributed by atoms with Crippen LogP contribution in [-0.2, 0) is 4.79 Å². The van der Waals surface area contributed by atoms with E-state index in [-0.39, 0.29) is 5.91 Å². The molecule has 0 bridgehead atoms. The lowest BCUT2D eigenvalue weighted by Crippen LogP contribution is -2.50. The first-order chi connectivity index (χ1) is 9.22. The summed E-state index contributed by atoms with van der Waals surface area (Å²) in [6.07, 6.45) is 11.3. The number of nitrogens with zero attached hydrogens (tertiary/aromatic N) is 1. The molecule has 1 amide bonds. The van der Waals surface area contributed by atoms with E-state index in [1.165, 1.54) is 57.8 Å². The molecule has 19 heavy (non-hydrogen) atoms. The summed E-state index contributed by atoms with van der Waals surface area (Å²) in [7, 11) is 0. The SMILES string of the molecule is NCC1CCCCCC1N(CC(N)=O)C1CCCC1. The number of carbonyl (C=O) groups excluding carboxylic acids is 1. The van der Waals surface area contributed by atoms with Gasteiger partial charge in [0.15, 0.2) is 0 Å². The smallest absolute Gasteiger partial charge is 0.231 e. The maximum atomic E-state index is 11.4. The standard InChI is InChI=1S/C15H29N3O/c16-10-12-6-2-1-3-9-14(12)18(11-15(17)19)13-7-4-5-8-13/h12-14H,1-11,16H2,(H2,17,19). The van der Waals surface area contributed by atoms with Crippen LogP contribution in [0.3, 0.4) is 0 Å². The predicted octanol–water partition coefficient (Wildman–Crippen LogP) is 1.62. The molecule has 0 heterocycles. The van der Waals surface area contributed by atoms with E-state index in [4.69, 9.17) is 11.5 Å². The first-order valence-corrected chi connectivity index (χ1v) is 7.96. The Morgan fingerprint density at radius 2 is 1.63 bits per heavy atom. The van der Waals surface area contributed by atoms with Gasteiger partial charge < -0.3 is 11.5 Å². The molecule has 0 aromatic carbocycles. The highest BCUT2D eigenvalue weighted by atomic mass is 16.1. The summed E-state index contributed by atoms with van der Waals surface area (Å²) in [6, 6.07) is 1.03. The van der Waals surface area contributed by atoms with Crippen LogP contribution in [0.15, 0.2) is 0 Å². The minimum absolute atomic E-state index is 0.188. The topological polar surface area (TPSA) is 72.3 Å². The number of hydrogen-bond acceptors (Lipinski definition) is 3. The van der Waals surface area contributed by atoms with Gasteiger partial charge in [-0.05, 0) is 38.1 Å². The van der Waals surface area contributed by atoms with E-state index < -0.39 is 0 Å². The lowest BCUT2D eigenvalue weighted by molar-refractivity contribution is -0.120. The second-order valence-electron chi connectivity index (χ2n) is 6.28. The Kier molecular flexibility index (Phi) is 5.64. The van der Waals surface area contributed by atoms with Crippen LogP contribution < -0.4 is 11.5 Å². The number of primary amides is 1. The van der Waals surface area contributed by atoms with Crippen LogP contribution in [0.1, 0.15) is 57.8 Å². The van der Waals surface area contributed by atoms with Crippen LogP contribution >= 0.6 is 0 Å². The van der Waals surface area contributed by atoms with Gasteiger partial charge in [-0.2, -0.15) is 0 Å². The molecule has 0 radical (unpaired) electrons. The molecule has 4 N–H and O–H groups in total. The molecule has 2 unspecified atom stereocenters. The van der Waals surface area contributed by atoms with Crippen molar-refractivity contribution in [3.8, 4) is 0 Å². The maximum Gasteiger partial charge on any atom is 0.231 e. The number of rotatable bonds is 5. The van der Waals surface area contributed by atoms with Gasteiger partial charge in [0.05, 0.1) is 6.54 Å². The molecule has 2 aliphatic rings. The van der Waals surface area contributed by atoms with Crippen molar-refractivity contribution in [2.24, 2.45) is 17.4 Å². The summed E-state index contributed by atoms with van der Waals surface area (Å²) in [4.78, 5) is 13.9. The minimum Gasteiger partial charge on any atom is -0.369 e. The molecule has 2 saturated carbocycles. The number of hydrogen-bond donors (Lipinski definition) is 2. The average Bonchev–Trinajstić information content (AvgIpc) is 2.80. The summed E-state index contributed by atoms with van der Waals surface area (Å²) in [5.41, 5.74) is 11.5. The molecule has 0 spiro atoms. The van der Waals surface area contributed by atoms with Crippen LogP contribution in [0.25, 0.3) is 0 Å². The van der Waals surface area contributed by atoms with Gasteiger partial charge >= 0.3 is 0 Å². The molecule has 4 heteroatoms. The number of amides is 1. The summed E-state index contributed by atoms with van der Waals surface area (Å²) in [5, 5.41) is 0. The van der Waals surface area contributed by atoms with Crippen molar-refractivity contribution in [1.29, 1.82) is 0 Å². The third-order valence-corrected chi connectivity index (χ3v) is 4.98. The van der Waals surface area contributed by atoms with Gasteiger partial charge in [-0.3, -0.25) is 9.69 Å². The summed E-state index contributed by atoms with van der Waals surface area (Å²) in [5.74, 6) is 0.356. The summed E-state index contributed by atoms with van der Waals surface area (Å²) >= 11 is 0. The average molecular weight is 267 g/mol. The van der Waals surface area contributed by atoms with Gasteiger partial charge in [-0.1, -0.05) is 32.1 Å². The van der Waals surface area contributed by atoms with Crippen molar-refractivity contribution in [3.63, 3.8) is 0 Å². The fourth-order valence-electron chi connectivity index (χ4n) is 4.01. The Bertz CT molecular complexity index is 289. The second-order valence-corrected chi connectivity index (χ2v) is 6.28. The quantitative estimate of drug-likeness (QED) is 0.744. The second kappa shape index (κ2) is 7.25. The van der Waals surface area contributed by atoms with Gasteiger partial charge in [0.25, 0.3) is 0 Å². The van der Waals surface area contributed by atoms with Crippen molar-refractivity contribution < 1.29 is 4.79 Å². The molecule has 2 aliphatic carbocycles. The molecule has 0 aromatic rings. The van der Waals surface area contributed by atoms with Crippen molar-refractivity contribution in [2.45, 2.75) is 69.9 Å². The first-order valence-electron chi connectivity index (χ1n) is 7.96. The van der Waals surface area contributed by atoms with Gasteiger partial charge in [-0.15, -0.1) is 0 Å². The lowest BCUT2D eigenvalue weighted by atomic mass is 9.92. The molecular weight excluding hydrogens is 238 g/mol. The number of carbonyl (C=O) groups is 1. The van der Waals surface area contributed by atoms with Gasteiger partial charge in [0, 0.05) is 12.1 Å². The van der Waals surface area contributed by atoms with Gasteiger partial charge in [-0.25, -0.2) is 0 Å². The van der Waals surface area contributed by atoms with Crippen molar-refractivity contribution >= 4 is 5.91 Å². The molecule has 2 fully saturated rings. The van der Waals surface area contributed by atoms with Gasteiger partial charge in [0.1, 0.15) is 0 Å². The molecule has 0 saturated heterocycles. The highest BCUT2D eigenvalue weighted by Gasteiger charge is 2.34. The highest BCUT2D eigenvalue weighted by Crippen LogP contribution is 2.32. The normalized spacial score (nSPS) is 29.6. The van der Waals surface area contributed by atoms with Crippen molar-refractivity contribution in [3.05, 3.63) is 0 Å². The zero-order valence-corrected chi connectivity index (χ0v) is 12.0. The van der Waals surface area contributed by atoms with E-state index in [1.54, 1.807) is 0 Å². The molecule has 0 aliphatic heterocycles. The van der Waals surface area contributed by atoms with E-state index in [1.807, 2.05) is 0 Å². The van der Waals surface area contributed by atoms with E-state index >= 15 is 0 Å². The Balaban J connectivity index is 2.10. The zero-order chi connectivity index (χ0) is 13.7. The van der Waals surface area contributed by atoms with E-state index in [9.17, 15) is 4.79 Å². The zero-order valence-electron chi connectivity index (χ0n) is 12.0. The van der Waals surface area contributed by atoms with Crippen LogP contribution in [-0.4, -0.2) is 36.0 Å². The van der Waals surface area contributed by atoms with E-state index in [2.05, 4.69) is 4.90 Å². The molecule has 110 valence electrons. The molecule has 2 atom stereocenters. The van der Waals surface area contributed by atoms with Gasteiger partial charge in [0.2, 0.25) is 5.91 Å². The third-order valence-electron chi connectivity index (χ3n) is 4.98. The Morgan fingerprint density at radius 1 is 1.00 bits per heavy atom.